The molecule has 2 N–H and O–H groups in total. The van der Waals surface area contributed by atoms with Gasteiger partial charge in [-0.3, -0.25) is 4.90 Å². The van der Waals surface area contributed by atoms with Gasteiger partial charge in [-0.05, 0) is 31.9 Å². The first kappa shape index (κ1) is 13.5. The van der Waals surface area contributed by atoms with Gasteiger partial charge in [0.2, 0.25) is 0 Å². The molecule has 1 aliphatic heterocycles. The van der Waals surface area contributed by atoms with Gasteiger partial charge >= 0.3 is 0 Å². The van der Waals surface area contributed by atoms with Crippen molar-refractivity contribution in [3.8, 4) is 0 Å². The molecule has 1 saturated heterocycles. The Morgan fingerprint density at radius 3 is 2.61 bits per heavy atom. The zero-order valence-corrected chi connectivity index (χ0v) is 11.6. The lowest BCUT2D eigenvalue weighted by Gasteiger charge is -2.41. The Kier molecular flexibility index (Phi) is 4.38. The predicted octanol–water partition coefficient (Wildman–Crippen LogP) is 1.92. The van der Waals surface area contributed by atoms with Gasteiger partial charge in [-0.25, -0.2) is 0 Å². The maximum atomic E-state index is 9.07. The first-order chi connectivity index (χ1) is 8.61. The van der Waals surface area contributed by atoms with Crippen molar-refractivity contribution in [2.45, 2.75) is 45.5 Å². The molecule has 0 aliphatic carbocycles. The number of benzene rings is 1. The Bertz CT molecular complexity index is 377. The molecule has 2 rings (SSSR count). The highest BCUT2D eigenvalue weighted by Crippen LogP contribution is 2.24. The molecule has 0 saturated carbocycles. The normalized spacial score (nSPS) is 27.1. The standard InChI is InChI=1S/C15H24N2O/c1-11-9-17(12(2)8-16-11)13(3)15-6-4-14(10-18)5-7-15/h4-7,11-13,16,18H,8-10H2,1-3H3/t11-,12+,13?/m0/s1. The monoisotopic (exact) mass is 248 g/mol. The van der Waals surface area contributed by atoms with Crippen LogP contribution in [0.2, 0.25) is 0 Å². The van der Waals surface area contributed by atoms with Crippen molar-refractivity contribution in [2.75, 3.05) is 13.1 Å². The molecule has 1 aliphatic rings. The van der Waals surface area contributed by atoms with Crippen LogP contribution in [0.5, 0.6) is 0 Å². The van der Waals surface area contributed by atoms with Crippen LogP contribution in [-0.2, 0) is 6.61 Å². The Hall–Kier alpha value is -0.900. The number of rotatable bonds is 3. The molecule has 1 unspecified atom stereocenters. The summed E-state index contributed by atoms with van der Waals surface area (Å²) in [5, 5.41) is 12.6. The molecular weight excluding hydrogens is 224 g/mol. The second-order valence-corrected chi connectivity index (χ2v) is 5.43. The highest BCUT2D eigenvalue weighted by molar-refractivity contribution is 5.24. The molecule has 3 heteroatoms. The van der Waals surface area contributed by atoms with Crippen LogP contribution in [0.3, 0.4) is 0 Å². The third-order valence-corrected chi connectivity index (χ3v) is 3.95. The average molecular weight is 248 g/mol. The Labute approximate surface area is 110 Å². The van der Waals surface area contributed by atoms with Crippen LogP contribution < -0.4 is 5.32 Å². The van der Waals surface area contributed by atoms with E-state index in [1.807, 2.05) is 12.1 Å². The van der Waals surface area contributed by atoms with E-state index < -0.39 is 0 Å². The SMILES string of the molecule is CC(c1ccc(CO)cc1)N1C[C@H](C)NC[C@H]1C. The van der Waals surface area contributed by atoms with E-state index in [1.165, 1.54) is 5.56 Å². The van der Waals surface area contributed by atoms with E-state index in [0.29, 0.717) is 18.1 Å². The highest BCUT2D eigenvalue weighted by Gasteiger charge is 2.26. The first-order valence-corrected chi connectivity index (χ1v) is 6.80. The smallest absolute Gasteiger partial charge is 0.0681 e. The quantitative estimate of drug-likeness (QED) is 0.858. The topological polar surface area (TPSA) is 35.5 Å². The number of nitrogens with zero attached hydrogens (tertiary/aromatic N) is 1. The molecule has 0 bridgehead atoms. The minimum Gasteiger partial charge on any atom is -0.392 e. The number of aliphatic hydroxyl groups excluding tert-OH is 1. The zero-order chi connectivity index (χ0) is 13.1. The Morgan fingerprint density at radius 2 is 2.00 bits per heavy atom. The molecule has 1 fully saturated rings. The molecule has 18 heavy (non-hydrogen) atoms. The zero-order valence-electron chi connectivity index (χ0n) is 11.6. The van der Waals surface area contributed by atoms with E-state index in [9.17, 15) is 0 Å². The fourth-order valence-electron chi connectivity index (χ4n) is 2.68. The molecule has 0 amide bonds. The lowest BCUT2D eigenvalue weighted by atomic mass is 10.0. The van der Waals surface area contributed by atoms with Crippen molar-refractivity contribution in [3.05, 3.63) is 35.4 Å². The lowest BCUT2D eigenvalue weighted by Crippen LogP contribution is -2.54. The van der Waals surface area contributed by atoms with E-state index in [1.54, 1.807) is 0 Å². The van der Waals surface area contributed by atoms with Crippen LogP contribution in [-0.4, -0.2) is 35.2 Å². The van der Waals surface area contributed by atoms with E-state index in [4.69, 9.17) is 5.11 Å². The largest absolute Gasteiger partial charge is 0.392 e. The molecule has 1 heterocycles. The number of hydrogen-bond donors (Lipinski definition) is 2. The summed E-state index contributed by atoms with van der Waals surface area (Å²) in [6.07, 6.45) is 0. The van der Waals surface area contributed by atoms with Gasteiger partial charge in [0.25, 0.3) is 0 Å². The molecule has 3 nitrogen and oxygen atoms in total. The van der Waals surface area contributed by atoms with Gasteiger partial charge in [0.1, 0.15) is 0 Å². The molecule has 3 atom stereocenters. The second-order valence-electron chi connectivity index (χ2n) is 5.43. The van der Waals surface area contributed by atoms with Crippen molar-refractivity contribution < 1.29 is 5.11 Å². The summed E-state index contributed by atoms with van der Waals surface area (Å²) in [6, 6.07) is 9.85. The highest BCUT2D eigenvalue weighted by atomic mass is 16.3. The van der Waals surface area contributed by atoms with Crippen LogP contribution in [0, 0.1) is 0 Å². The number of hydrogen-bond acceptors (Lipinski definition) is 3. The summed E-state index contributed by atoms with van der Waals surface area (Å²) in [4.78, 5) is 2.55. The molecule has 0 spiro atoms. The summed E-state index contributed by atoms with van der Waals surface area (Å²) in [5.74, 6) is 0. The fourth-order valence-corrected chi connectivity index (χ4v) is 2.68. The van der Waals surface area contributed by atoms with Crippen LogP contribution >= 0.6 is 0 Å². The average Bonchev–Trinajstić information content (AvgIpc) is 2.41. The van der Waals surface area contributed by atoms with Gasteiger partial charge in [-0.15, -0.1) is 0 Å². The molecule has 100 valence electrons. The Balaban J connectivity index is 2.10. The van der Waals surface area contributed by atoms with E-state index >= 15 is 0 Å². The predicted molar refractivity (Wildman–Crippen MR) is 74.4 cm³/mol. The van der Waals surface area contributed by atoms with Crippen molar-refractivity contribution >= 4 is 0 Å². The molecule has 1 aromatic carbocycles. The van der Waals surface area contributed by atoms with Gasteiger partial charge in [0.15, 0.2) is 0 Å². The van der Waals surface area contributed by atoms with Crippen molar-refractivity contribution in [2.24, 2.45) is 0 Å². The minimum absolute atomic E-state index is 0.121. The molecular formula is C15H24N2O. The number of aliphatic hydroxyl groups is 1. The molecule has 0 radical (unpaired) electrons. The van der Waals surface area contributed by atoms with Gasteiger partial charge in [-0.1, -0.05) is 24.3 Å². The van der Waals surface area contributed by atoms with Crippen molar-refractivity contribution in [3.63, 3.8) is 0 Å². The lowest BCUT2D eigenvalue weighted by molar-refractivity contribution is 0.103. The Morgan fingerprint density at radius 1 is 1.33 bits per heavy atom. The summed E-state index contributed by atoms with van der Waals surface area (Å²) in [5.41, 5.74) is 2.31. The maximum absolute atomic E-state index is 9.07. The van der Waals surface area contributed by atoms with Crippen LogP contribution in [0.4, 0.5) is 0 Å². The summed E-state index contributed by atoms with van der Waals surface area (Å²) < 4.78 is 0. The van der Waals surface area contributed by atoms with Crippen LogP contribution in [0.25, 0.3) is 0 Å². The van der Waals surface area contributed by atoms with E-state index in [0.717, 1.165) is 18.7 Å². The van der Waals surface area contributed by atoms with Crippen molar-refractivity contribution in [1.82, 2.24) is 10.2 Å². The third-order valence-electron chi connectivity index (χ3n) is 3.95. The molecule has 1 aromatic rings. The van der Waals surface area contributed by atoms with Gasteiger partial charge in [0.05, 0.1) is 6.61 Å². The number of nitrogens with one attached hydrogen (secondary N) is 1. The summed E-state index contributed by atoms with van der Waals surface area (Å²) in [7, 11) is 0. The maximum Gasteiger partial charge on any atom is 0.0681 e. The first-order valence-electron chi connectivity index (χ1n) is 6.80. The van der Waals surface area contributed by atoms with E-state index in [-0.39, 0.29) is 6.61 Å². The van der Waals surface area contributed by atoms with Crippen LogP contribution in [0.15, 0.2) is 24.3 Å². The van der Waals surface area contributed by atoms with Crippen LogP contribution in [0.1, 0.15) is 37.9 Å². The minimum atomic E-state index is 0.121. The van der Waals surface area contributed by atoms with Gasteiger partial charge in [0, 0.05) is 31.2 Å². The fraction of sp³-hybridized carbons (Fsp3) is 0.600. The summed E-state index contributed by atoms with van der Waals surface area (Å²) >= 11 is 0. The van der Waals surface area contributed by atoms with E-state index in [2.05, 4.69) is 43.1 Å². The number of piperazine rings is 1. The van der Waals surface area contributed by atoms with Gasteiger partial charge in [-0.2, -0.15) is 0 Å². The van der Waals surface area contributed by atoms with Crippen molar-refractivity contribution in [1.29, 1.82) is 0 Å². The molecule has 0 aromatic heterocycles. The van der Waals surface area contributed by atoms with Gasteiger partial charge < -0.3 is 10.4 Å². The third kappa shape index (κ3) is 2.91. The summed E-state index contributed by atoms with van der Waals surface area (Å²) in [6.45, 7) is 9.04. The second kappa shape index (κ2) is 5.83.